The zero-order valence-corrected chi connectivity index (χ0v) is 9.59. The summed E-state index contributed by atoms with van der Waals surface area (Å²) < 4.78 is 0. The van der Waals surface area contributed by atoms with Crippen molar-refractivity contribution in [2.45, 2.75) is 26.4 Å². The minimum absolute atomic E-state index is 0.463. The summed E-state index contributed by atoms with van der Waals surface area (Å²) in [5, 5.41) is 6.74. The minimum atomic E-state index is 0.463. The second kappa shape index (κ2) is 6.43. The Kier molecular flexibility index (Phi) is 5.15. The van der Waals surface area contributed by atoms with E-state index in [-0.39, 0.29) is 0 Å². The van der Waals surface area contributed by atoms with Crippen LogP contribution in [0.3, 0.4) is 0 Å². The van der Waals surface area contributed by atoms with Gasteiger partial charge in [0.25, 0.3) is 0 Å². The lowest BCUT2D eigenvalue weighted by atomic mass is 10.1. The Bertz CT molecular complexity index is 286. The van der Waals surface area contributed by atoms with E-state index in [2.05, 4.69) is 30.5 Å². The SMILES string of the molecule is CCNCC(C)NCc1ccccc1N. The van der Waals surface area contributed by atoms with Crippen LogP contribution in [0, 0.1) is 0 Å². The maximum Gasteiger partial charge on any atom is 0.0359 e. The molecule has 4 N–H and O–H groups in total. The number of para-hydroxylation sites is 1. The van der Waals surface area contributed by atoms with Gasteiger partial charge in [-0.3, -0.25) is 0 Å². The van der Waals surface area contributed by atoms with Crippen molar-refractivity contribution < 1.29 is 0 Å². The van der Waals surface area contributed by atoms with Crippen LogP contribution in [0.25, 0.3) is 0 Å². The zero-order chi connectivity index (χ0) is 11.1. The molecule has 0 fully saturated rings. The van der Waals surface area contributed by atoms with Gasteiger partial charge in [-0.1, -0.05) is 25.1 Å². The van der Waals surface area contributed by atoms with Crippen molar-refractivity contribution >= 4 is 5.69 Å². The molecule has 1 atom stereocenters. The molecule has 0 aromatic heterocycles. The number of nitrogen functional groups attached to an aromatic ring is 1. The van der Waals surface area contributed by atoms with E-state index in [1.165, 1.54) is 5.56 Å². The van der Waals surface area contributed by atoms with Crippen LogP contribution in [0.4, 0.5) is 5.69 Å². The molecule has 84 valence electrons. The lowest BCUT2D eigenvalue weighted by Gasteiger charge is -2.14. The van der Waals surface area contributed by atoms with Crippen LogP contribution < -0.4 is 16.4 Å². The first-order valence-electron chi connectivity index (χ1n) is 5.51. The predicted molar refractivity (Wildman–Crippen MR) is 65.7 cm³/mol. The molecular formula is C12H21N3. The third kappa shape index (κ3) is 4.32. The molecule has 1 unspecified atom stereocenters. The molecule has 0 spiro atoms. The summed E-state index contributed by atoms with van der Waals surface area (Å²) in [6, 6.07) is 8.43. The monoisotopic (exact) mass is 207 g/mol. The van der Waals surface area contributed by atoms with Crippen molar-refractivity contribution in [1.82, 2.24) is 10.6 Å². The molecule has 3 heteroatoms. The van der Waals surface area contributed by atoms with Gasteiger partial charge in [0.15, 0.2) is 0 Å². The number of hydrogen-bond donors (Lipinski definition) is 3. The largest absolute Gasteiger partial charge is 0.398 e. The third-order valence-electron chi connectivity index (χ3n) is 2.40. The highest BCUT2D eigenvalue weighted by Crippen LogP contribution is 2.09. The van der Waals surface area contributed by atoms with E-state index in [9.17, 15) is 0 Å². The number of anilines is 1. The quantitative estimate of drug-likeness (QED) is 0.617. The molecule has 0 amide bonds. The van der Waals surface area contributed by atoms with Gasteiger partial charge in [-0.05, 0) is 25.1 Å². The highest BCUT2D eigenvalue weighted by Gasteiger charge is 2.01. The average molecular weight is 207 g/mol. The van der Waals surface area contributed by atoms with Gasteiger partial charge in [0, 0.05) is 24.8 Å². The number of rotatable bonds is 6. The van der Waals surface area contributed by atoms with Crippen LogP contribution in [-0.4, -0.2) is 19.1 Å². The second-order valence-electron chi connectivity index (χ2n) is 3.79. The summed E-state index contributed by atoms with van der Waals surface area (Å²) in [6.45, 7) is 7.12. The summed E-state index contributed by atoms with van der Waals surface area (Å²) in [5.74, 6) is 0. The van der Waals surface area contributed by atoms with E-state index in [1.807, 2.05) is 18.2 Å². The van der Waals surface area contributed by atoms with Crippen LogP contribution in [0.5, 0.6) is 0 Å². The Morgan fingerprint density at radius 1 is 1.33 bits per heavy atom. The molecule has 1 aromatic rings. The van der Waals surface area contributed by atoms with Crippen molar-refractivity contribution in [2.75, 3.05) is 18.8 Å². The maximum atomic E-state index is 5.85. The Morgan fingerprint density at radius 2 is 2.07 bits per heavy atom. The van der Waals surface area contributed by atoms with Crippen molar-refractivity contribution in [1.29, 1.82) is 0 Å². The third-order valence-corrected chi connectivity index (χ3v) is 2.40. The van der Waals surface area contributed by atoms with E-state index in [0.29, 0.717) is 6.04 Å². The van der Waals surface area contributed by atoms with Crippen molar-refractivity contribution in [3.05, 3.63) is 29.8 Å². The first kappa shape index (κ1) is 12.0. The van der Waals surface area contributed by atoms with E-state index < -0.39 is 0 Å². The van der Waals surface area contributed by atoms with Crippen molar-refractivity contribution in [2.24, 2.45) is 0 Å². The van der Waals surface area contributed by atoms with Crippen molar-refractivity contribution in [3.63, 3.8) is 0 Å². The van der Waals surface area contributed by atoms with Gasteiger partial charge < -0.3 is 16.4 Å². The fourth-order valence-electron chi connectivity index (χ4n) is 1.41. The van der Waals surface area contributed by atoms with Crippen molar-refractivity contribution in [3.8, 4) is 0 Å². The van der Waals surface area contributed by atoms with Gasteiger partial charge in [0.1, 0.15) is 0 Å². The molecule has 0 heterocycles. The van der Waals surface area contributed by atoms with Gasteiger partial charge >= 0.3 is 0 Å². The number of likely N-dealkylation sites (N-methyl/N-ethyl adjacent to an activating group) is 1. The predicted octanol–water partition coefficient (Wildman–Crippen LogP) is 1.36. The topological polar surface area (TPSA) is 50.1 Å². The molecule has 0 aliphatic rings. The van der Waals surface area contributed by atoms with Gasteiger partial charge in [0.05, 0.1) is 0 Å². The minimum Gasteiger partial charge on any atom is -0.398 e. The highest BCUT2D eigenvalue weighted by molar-refractivity contribution is 5.46. The number of nitrogens with one attached hydrogen (secondary N) is 2. The van der Waals surface area contributed by atoms with Gasteiger partial charge in [-0.15, -0.1) is 0 Å². The summed E-state index contributed by atoms with van der Waals surface area (Å²) in [4.78, 5) is 0. The molecular weight excluding hydrogens is 186 g/mol. The van der Waals surface area contributed by atoms with E-state index in [0.717, 1.165) is 25.3 Å². The standard InChI is InChI=1S/C12H21N3/c1-3-14-8-10(2)15-9-11-6-4-5-7-12(11)13/h4-7,10,14-15H,3,8-9,13H2,1-2H3. The van der Waals surface area contributed by atoms with E-state index >= 15 is 0 Å². The number of hydrogen-bond acceptors (Lipinski definition) is 3. The average Bonchev–Trinajstić information content (AvgIpc) is 2.25. The molecule has 0 aliphatic heterocycles. The number of benzene rings is 1. The van der Waals surface area contributed by atoms with E-state index in [4.69, 9.17) is 5.73 Å². The molecule has 3 nitrogen and oxygen atoms in total. The highest BCUT2D eigenvalue weighted by atomic mass is 15.0. The van der Waals surface area contributed by atoms with Crippen LogP contribution in [0.1, 0.15) is 19.4 Å². The number of nitrogens with two attached hydrogens (primary N) is 1. The van der Waals surface area contributed by atoms with Crippen LogP contribution in [0.2, 0.25) is 0 Å². The van der Waals surface area contributed by atoms with Crippen LogP contribution >= 0.6 is 0 Å². The van der Waals surface area contributed by atoms with Crippen LogP contribution in [-0.2, 0) is 6.54 Å². The Morgan fingerprint density at radius 3 is 2.73 bits per heavy atom. The maximum absolute atomic E-state index is 5.85. The zero-order valence-electron chi connectivity index (χ0n) is 9.59. The molecule has 1 rings (SSSR count). The fraction of sp³-hybridized carbons (Fsp3) is 0.500. The molecule has 0 bridgehead atoms. The second-order valence-corrected chi connectivity index (χ2v) is 3.79. The smallest absolute Gasteiger partial charge is 0.0359 e. The molecule has 0 saturated heterocycles. The normalized spacial score (nSPS) is 12.7. The van der Waals surface area contributed by atoms with Gasteiger partial charge in [-0.2, -0.15) is 0 Å². The fourth-order valence-corrected chi connectivity index (χ4v) is 1.41. The van der Waals surface area contributed by atoms with Gasteiger partial charge in [0.2, 0.25) is 0 Å². The molecule has 0 aliphatic carbocycles. The Hall–Kier alpha value is -1.06. The van der Waals surface area contributed by atoms with Gasteiger partial charge in [-0.25, -0.2) is 0 Å². The summed E-state index contributed by atoms with van der Waals surface area (Å²) in [5.41, 5.74) is 7.88. The van der Waals surface area contributed by atoms with Crippen LogP contribution in [0.15, 0.2) is 24.3 Å². The summed E-state index contributed by atoms with van der Waals surface area (Å²) in [6.07, 6.45) is 0. The first-order valence-corrected chi connectivity index (χ1v) is 5.51. The summed E-state index contributed by atoms with van der Waals surface area (Å²) in [7, 11) is 0. The lowest BCUT2D eigenvalue weighted by Crippen LogP contribution is -2.35. The molecule has 1 aromatic carbocycles. The lowest BCUT2D eigenvalue weighted by molar-refractivity contribution is 0.509. The molecule has 0 radical (unpaired) electrons. The first-order chi connectivity index (χ1) is 7.24. The Balaban J connectivity index is 2.33. The molecule has 0 saturated carbocycles. The van der Waals surface area contributed by atoms with E-state index in [1.54, 1.807) is 0 Å². The molecule has 15 heavy (non-hydrogen) atoms. The Labute approximate surface area is 92.1 Å². The summed E-state index contributed by atoms with van der Waals surface area (Å²) >= 11 is 0.